The lowest BCUT2D eigenvalue weighted by atomic mass is 9.98. The molecule has 19 heavy (non-hydrogen) atoms. The molecule has 1 saturated heterocycles. The summed E-state index contributed by atoms with van der Waals surface area (Å²) in [5, 5.41) is 11.2. The zero-order valence-electron chi connectivity index (χ0n) is 11.3. The number of anilines is 1. The highest BCUT2D eigenvalue weighted by Crippen LogP contribution is 2.30. The Morgan fingerprint density at radius 2 is 1.95 bits per heavy atom. The highest BCUT2D eigenvalue weighted by Gasteiger charge is 2.26. The van der Waals surface area contributed by atoms with Gasteiger partial charge in [0.1, 0.15) is 0 Å². The number of aryl methyl sites for hydroxylation is 1. The van der Waals surface area contributed by atoms with E-state index in [-0.39, 0.29) is 0 Å². The van der Waals surface area contributed by atoms with Crippen LogP contribution in [0.5, 0.6) is 0 Å². The van der Waals surface area contributed by atoms with Gasteiger partial charge in [-0.15, -0.1) is 5.10 Å². The fraction of sp³-hybridized carbons (Fsp3) is 0.467. The number of benzene rings is 1. The van der Waals surface area contributed by atoms with Crippen LogP contribution in [0.3, 0.4) is 0 Å². The lowest BCUT2D eigenvalue weighted by Crippen LogP contribution is -2.40. The summed E-state index contributed by atoms with van der Waals surface area (Å²) in [6.45, 7) is 6.38. The van der Waals surface area contributed by atoms with Crippen molar-refractivity contribution in [2.45, 2.75) is 25.1 Å². The van der Waals surface area contributed by atoms with Gasteiger partial charge in [-0.25, -0.2) is 0 Å². The number of halogens is 1. The molecule has 4 heteroatoms. The van der Waals surface area contributed by atoms with E-state index in [9.17, 15) is 0 Å². The van der Waals surface area contributed by atoms with E-state index in [0.29, 0.717) is 4.83 Å². The molecule has 3 rings (SSSR count). The van der Waals surface area contributed by atoms with Crippen molar-refractivity contribution in [2.75, 3.05) is 18.0 Å². The number of hydrogen-bond donors (Lipinski definition) is 0. The Balaban J connectivity index is 2.04. The van der Waals surface area contributed by atoms with Gasteiger partial charge in [0.15, 0.2) is 5.82 Å². The first kappa shape index (κ1) is 12.9. The zero-order chi connectivity index (χ0) is 13.4. The van der Waals surface area contributed by atoms with Crippen LogP contribution in [0, 0.1) is 12.8 Å². The van der Waals surface area contributed by atoms with Gasteiger partial charge in [-0.3, -0.25) is 0 Å². The second-order valence-electron chi connectivity index (χ2n) is 5.38. The summed E-state index contributed by atoms with van der Waals surface area (Å²) in [6, 6.07) is 8.41. The molecule has 3 nitrogen and oxygen atoms in total. The summed E-state index contributed by atoms with van der Waals surface area (Å²) in [5.74, 6) is 1.75. The smallest absolute Gasteiger partial charge is 0.159 e. The number of aromatic nitrogens is 2. The average Bonchev–Trinajstić information content (AvgIpc) is 2.43. The molecule has 0 N–H and O–H groups in total. The van der Waals surface area contributed by atoms with E-state index in [1.54, 1.807) is 0 Å². The van der Waals surface area contributed by atoms with Crippen molar-refractivity contribution in [3.63, 3.8) is 0 Å². The normalized spacial score (nSPS) is 23.8. The Labute approximate surface area is 122 Å². The number of rotatable bonds is 1. The second-order valence-corrected chi connectivity index (χ2v) is 6.56. The molecule has 0 amide bonds. The van der Waals surface area contributed by atoms with Crippen molar-refractivity contribution >= 4 is 32.5 Å². The van der Waals surface area contributed by atoms with E-state index in [0.717, 1.165) is 30.5 Å². The fourth-order valence-electron chi connectivity index (χ4n) is 2.67. The number of nitrogens with zero attached hydrogens (tertiary/aromatic N) is 3. The van der Waals surface area contributed by atoms with Gasteiger partial charge in [-0.1, -0.05) is 47.1 Å². The first-order valence-corrected chi connectivity index (χ1v) is 7.69. The van der Waals surface area contributed by atoms with Gasteiger partial charge < -0.3 is 4.90 Å². The molecule has 1 aliphatic rings. The largest absolute Gasteiger partial charge is 0.353 e. The maximum absolute atomic E-state index is 4.44. The summed E-state index contributed by atoms with van der Waals surface area (Å²) < 4.78 is 0. The molecule has 0 spiro atoms. The van der Waals surface area contributed by atoms with Crippen molar-refractivity contribution < 1.29 is 0 Å². The van der Waals surface area contributed by atoms with Gasteiger partial charge in [-0.05, 0) is 19.3 Å². The van der Waals surface area contributed by atoms with E-state index < -0.39 is 0 Å². The Bertz CT molecular complexity index is 599. The van der Waals surface area contributed by atoms with E-state index in [2.05, 4.69) is 62.2 Å². The minimum absolute atomic E-state index is 0.531. The van der Waals surface area contributed by atoms with Crippen LogP contribution in [0.1, 0.15) is 19.0 Å². The van der Waals surface area contributed by atoms with E-state index in [1.807, 2.05) is 6.92 Å². The predicted octanol–water partition coefficient (Wildman–Crippen LogP) is 3.55. The van der Waals surface area contributed by atoms with Crippen molar-refractivity contribution in [1.82, 2.24) is 10.2 Å². The maximum Gasteiger partial charge on any atom is 0.159 e. The summed E-state index contributed by atoms with van der Waals surface area (Å²) in [5.41, 5.74) is 1.00. The zero-order valence-corrected chi connectivity index (χ0v) is 12.9. The molecule has 1 aromatic heterocycles. The minimum atomic E-state index is 0.531. The van der Waals surface area contributed by atoms with Gasteiger partial charge in [0.05, 0.1) is 5.69 Å². The summed E-state index contributed by atoms with van der Waals surface area (Å²) in [7, 11) is 0. The molecule has 2 atom stereocenters. The lowest BCUT2D eigenvalue weighted by Gasteiger charge is -2.35. The third-order valence-corrected chi connectivity index (χ3v) is 5.21. The predicted molar refractivity (Wildman–Crippen MR) is 83.0 cm³/mol. The molecule has 0 saturated carbocycles. The van der Waals surface area contributed by atoms with E-state index in [4.69, 9.17) is 0 Å². The highest BCUT2D eigenvalue weighted by molar-refractivity contribution is 9.09. The van der Waals surface area contributed by atoms with Crippen LogP contribution in [-0.4, -0.2) is 28.1 Å². The molecule has 1 aliphatic heterocycles. The van der Waals surface area contributed by atoms with Crippen molar-refractivity contribution in [2.24, 2.45) is 5.92 Å². The van der Waals surface area contributed by atoms with Crippen LogP contribution in [-0.2, 0) is 0 Å². The lowest BCUT2D eigenvalue weighted by molar-refractivity contribution is 0.454. The third-order valence-electron chi connectivity index (χ3n) is 4.02. The summed E-state index contributed by atoms with van der Waals surface area (Å²) in [4.78, 5) is 2.89. The molecule has 0 radical (unpaired) electrons. The molecule has 100 valence electrons. The van der Waals surface area contributed by atoms with Crippen LogP contribution < -0.4 is 4.90 Å². The van der Waals surface area contributed by atoms with Crippen LogP contribution in [0.25, 0.3) is 10.8 Å². The quantitative estimate of drug-likeness (QED) is 0.753. The number of hydrogen-bond acceptors (Lipinski definition) is 3. The minimum Gasteiger partial charge on any atom is -0.353 e. The SMILES string of the molecule is Cc1nnc(N2CCC(C)C(Br)C2)c2ccccc12. The Morgan fingerprint density at radius 1 is 1.21 bits per heavy atom. The van der Waals surface area contributed by atoms with Gasteiger partial charge in [0.25, 0.3) is 0 Å². The standard InChI is InChI=1S/C15H18BrN3/c1-10-7-8-19(9-14(10)16)15-13-6-4-3-5-12(13)11(2)17-18-15/h3-6,10,14H,7-9H2,1-2H3. The first-order valence-electron chi connectivity index (χ1n) is 6.78. The molecule has 0 aliphatic carbocycles. The van der Waals surface area contributed by atoms with Gasteiger partial charge in [0, 0.05) is 28.7 Å². The molecule has 2 unspecified atom stereocenters. The number of alkyl halides is 1. The Hall–Kier alpha value is -1.16. The molecule has 1 aromatic carbocycles. The van der Waals surface area contributed by atoms with Gasteiger partial charge >= 0.3 is 0 Å². The Morgan fingerprint density at radius 3 is 2.68 bits per heavy atom. The topological polar surface area (TPSA) is 29.0 Å². The average molecular weight is 320 g/mol. The maximum atomic E-state index is 4.44. The molecular weight excluding hydrogens is 302 g/mol. The van der Waals surface area contributed by atoms with Gasteiger partial charge in [0.2, 0.25) is 0 Å². The first-order chi connectivity index (χ1) is 9.16. The van der Waals surface area contributed by atoms with Crippen molar-refractivity contribution in [3.05, 3.63) is 30.0 Å². The number of fused-ring (bicyclic) bond motifs is 1. The summed E-state index contributed by atoms with van der Waals surface area (Å²) in [6.07, 6.45) is 1.19. The molecule has 2 heterocycles. The third kappa shape index (κ3) is 2.34. The van der Waals surface area contributed by atoms with Gasteiger partial charge in [-0.2, -0.15) is 5.10 Å². The molecule has 1 fully saturated rings. The summed E-state index contributed by atoms with van der Waals surface area (Å²) >= 11 is 3.78. The van der Waals surface area contributed by atoms with E-state index in [1.165, 1.54) is 17.2 Å². The molecular formula is C15H18BrN3. The second kappa shape index (κ2) is 5.08. The van der Waals surface area contributed by atoms with Crippen LogP contribution in [0.4, 0.5) is 5.82 Å². The Kier molecular flexibility index (Phi) is 3.44. The fourth-order valence-corrected chi connectivity index (χ4v) is 3.29. The van der Waals surface area contributed by atoms with Crippen LogP contribution >= 0.6 is 15.9 Å². The van der Waals surface area contributed by atoms with E-state index >= 15 is 0 Å². The molecule has 2 aromatic rings. The van der Waals surface area contributed by atoms with Crippen molar-refractivity contribution in [3.8, 4) is 0 Å². The molecule has 0 bridgehead atoms. The number of piperidine rings is 1. The van der Waals surface area contributed by atoms with Crippen molar-refractivity contribution in [1.29, 1.82) is 0 Å². The monoisotopic (exact) mass is 319 g/mol. The highest BCUT2D eigenvalue weighted by atomic mass is 79.9. The van der Waals surface area contributed by atoms with Crippen LogP contribution in [0.2, 0.25) is 0 Å². The van der Waals surface area contributed by atoms with Crippen LogP contribution in [0.15, 0.2) is 24.3 Å².